The van der Waals surface area contributed by atoms with E-state index in [4.69, 9.17) is 0 Å². The van der Waals surface area contributed by atoms with Gasteiger partial charge in [0.25, 0.3) is 0 Å². The summed E-state index contributed by atoms with van der Waals surface area (Å²) in [4.78, 5) is 9.33. The van der Waals surface area contributed by atoms with Gasteiger partial charge < -0.3 is 15.1 Å². The highest BCUT2D eigenvalue weighted by Gasteiger charge is 2.25. The second-order valence-electron chi connectivity index (χ2n) is 6.20. The molecule has 0 aromatic heterocycles. The van der Waals surface area contributed by atoms with Gasteiger partial charge in [-0.25, -0.2) is 0 Å². The molecule has 1 aliphatic heterocycles. The van der Waals surface area contributed by atoms with Crippen molar-refractivity contribution >= 4 is 5.96 Å². The minimum absolute atomic E-state index is 0.630. The molecule has 1 atom stereocenters. The van der Waals surface area contributed by atoms with Crippen LogP contribution in [0.15, 0.2) is 35.3 Å². The maximum Gasteiger partial charge on any atom is 0.193 e. The van der Waals surface area contributed by atoms with Gasteiger partial charge in [-0.2, -0.15) is 0 Å². The second-order valence-corrected chi connectivity index (χ2v) is 6.20. The van der Waals surface area contributed by atoms with Crippen molar-refractivity contribution in [2.24, 2.45) is 4.99 Å². The summed E-state index contributed by atoms with van der Waals surface area (Å²) in [5.74, 6) is 1.69. The van der Waals surface area contributed by atoms with Crippen molar-refractivity contribution in [2.45, 2.75) is 32.6 Å². The summed E-state index contributed by atoms with van der Waals surface area (Å²) in [7, 11) is 1.89. The molecule has 0 aliphatic carbocycles. The van der Waals surface area contributed by atoms with Gasteiger partial charge in [0.2, 0.25) is 0 Å². The molecule has 1 aromatic carbocycles. The monoisotopic (exact) mass is 316 g/mol. The molecule has 0 radical (unpaired) electrons. The van der Waals surface area contributed by atoms with E-state index in [-0.39, 0.29) is 0 Å². The molecule has 0 spiro atoms. The van der Waals surface area contributed by atoms with E-state index in [0.29, 0.717) is 5.92 Å². The minimum atomic E-state index is 0.630. The zero-order valence-electron chi connectivity index (χ0n) is 15.0. The summed E-state index contributed by atoms with van der Waals surface area (Å²) in [6.45, 7) is 11.0. The van der Waals surface area contributed by atoms with E-state index in [1.165, 1.54) is 12.0 Å². The van der Waals surface area contributed by atoms with Gasteiger partial charge in [-0.3, -0.25) is 4.99 Å². The predicted octanol–water partition coefficient (Wildman–Crippen LogP) is 2.78. The number of hydrogen-bond donors (Lipinski definition) is 1. The van der Waals surface area contributed by atoms with Gasteiger partial charge in [-0.05, 0) is 38.0 Å². The minimum Gasteiger partial charge on any atom is -0.356 e. The van der Waals surface area contributed by atoms with E-state index in [2.05, 4.69) is 64.3 Å². The average molecular weight is 316 g/mol. The summed E-state index contributed by atoms with van der Waals surface area (Å²) in [6, 6.07) is 10.9. The van der Waals surface area contributed by atoms with Gasteiger partial charge in [-0.1, -0.05) is 44.2 Å². The van der Waals surface area contributed by atoms with Crippen LogP contribution in [0, 0.1) is 0 Å². The van der Waals surface area contributed by atoms with Crippen molar-refractivity contribution in [1.82, 2.24) is 15.1 Å². The van der Waals surface area contributed by atoms with Crippen LogP contribution in [0.25, 0.3) is 0 Å². The van der Waals surface area contributed by atoms with E-state index in [1.807, 2.05) is 7.05 Å². The molecule has 128 valence electrons. The van der Waals surface area contributed by atoms with Crippen LogP contribution in [0.5, 0.6) is 0 Å². The first kappa shape index (κ1) is 17.8. The third-order valence-corrected chi connectivity index (χ3v) is 4.80. The Balaban J connectivity index is 1.76. The molecule has 1 N–H and O–H groups in total. The van der Waals surface area contributed by atoms with Crippen molar-refractivity contribution in [3.63, 3.8) is 0 Å². The Morgan fingerprint density at radius 2 is 2.00 bits per heavy atom. The van der Waals surface area contributed by atoms with Crippen LogP contribution in [0.1, 0.15) is 38.2 Å². The van der Waals surface area contributed by atoms with E-state index in [0.717, 1.165) is 51.6 Å². The molecule has 1 aliphatic rings. The van der Waals surface area contributed by atoms with Crippen LogP contribution < -0.4 is 5.32 Å². The number of likely N-dealkylation sites (tertiary alicyclic amines) is 1. The number of rotatable bonds is 7. The van der Waals surface area contributed by atoms with Crippen molar-refractivity contribution in [3.05, 3.63) is 35.9 Å². The lowest BCUT2D eigenvalue weighted by molar-refractivity contribution is 0.299. The summed E-state index contributed by atoms with van der Waals surface area (Å²) in [6.07, 6.45) is 2.38. The average Bonchev–Trinajstić information content (AvgIpc) is 3.09. The van der Waals surface area contributed by atoms with Crippen molar-refractivity contribution in [3.8, 4) is 0 Å². The summed E-state index contributed by atoms with van der Waals surface area (Å²) >= 11 is 0. The largest absolute Gasteiger partial charge is 0.356 e. The topological polar surface area (TPSA) is 30.9 Å². The molecule has 2 rings (SSSR count). The van der Waals surface area contributed by atoms with Crippen LogP contribution >= 0.6 is 0 Å². The second kappa shape index (κ2) is 9.56. The lowest BCUT2D eigenvalue weighted by Crippen LogP contribution is -2.41. The first-order valence-corrected chi connectivity index (χ1v) is 9.01. The first-order chi connectivity index (χ1) is 11.3. The third kappa shape index (κ3) is 5.24. The molecule has 0 amide bonds. The van der Waals surface area contributed by atoms with E-state index in [1.54, 1.807) is 0 Å². The maximum absolute atomic E-state index is 4.47. The smallest absolute Gasteiger partial charge is 0.193 e. The van der Waals surface area contributed by atoms with Gasteiger partial charge in [0.1, 0.15) is 0 Å². The lowest BCUT2D eigenvalue weighted by atomic mass is 9.99. The Hall–Kier alpha value is -1.55. The van der Waals surface area contributed by atoms with Crippen molar-refractivity contribution < 1.29 is 0 Å². The van der Waals surface area contributed by atoms with E-state index >= 15 is 0 Å². The van der Waals surface area contributed by atoms with Gasteiger partial charge in [-0.15, -0.1) is 0 Å². The highest BCUT2D eigenvalue weighted by Crippen LogP contribution is 2.26. The highest BCUT2D eigenvalue weighted by molar-refractivity contribution is 5.80. The molecule has 4 heteroatoms. The SMILES string of the molecule is CCN(CC)CCCNC(=NC)N1CCC(c2ccccc2)C1. The highest BCUT2D eigenvalue weighted by atomic mass is 15.3. The Morgan fingerprint density at radius 3 is 2.65 bits per heavy atom. The molecule has 1 aromatic rings. The third-order valence-electron chi connectivity index (χ3n) is 4.80. The Labute approximate surface area is 141 Å². The summed E-state index contributed by atoms with van der Waals surface area (Å²) in [5, 5.41) is 3.54. The van der Waals surface area contributed by atoms with Crippen LogP contribution in [0.3, 0.4) is 0 Å². The summed E-state index contributed by atoms with van der Waals surface area (Å²) < 4.78 is 0. The zero-order chi connectivity index (χ0) is 16.5. The van der Waals surface area contributed by atoms with Crippen LogP contribution in [0.4, 0.5) is 0 Å². The van der Waals surface area contributed by atoms with Crippen LogP contribution in [-0.2, 0) is 0 Å². The van der Waals surface area contributed by atoms with Crippen LogP contribution in [-0.4, -0.2) is 62.1 Å². The van der Waals surface area contributed by atoms with Gasteiger partial charge in [0, 0.05) is 32.6 Å². The Morgan fingerprint density at radius 1 is 1.26 bits per heavy atom. The molecular weight excluding hydrogens is 284 g/mol. The number of guanidine groups is 1. The fourth-order valence-electron chi connectivity index (χ4n) is 3.32. The Kier molecular flexibility index (Phi) is 7.40. The fourth-order valence-corrected chi connectivity index (χ4v) is 3.32. The number of nitrogens with zero attached hydrogens (tertiary/aromatic N) is 3. The van der Waals surface area contributed by atoms with E-state index in [9.17, 15) is 0 Å². The Bertz CT molecular complexity index is 468. The number of aliphatic imine (C=N–C) groups is 1. The normalized spacial score (nSPS) is 18.7. The number of hydrogen-bond acceptors (Lipinski definition) is 2. The fraction of sp³-hybridized carbons (Fsp3) is 0.632. The standard InChI is InChI=1S/C19H32N4/c1-4-22(5-2)14-9-13-21-19(20-3)23-15-12-18(16-23)17-10-7-6-8-11-17/h6-8,10-11,18H,4-5,9,12-16H2,1-3H3,(H,20,21). The number of benzene rings is 1. The predicted molar refractivity (Wildman–Crippen MR) is 99.1 cm³/mol. The van der Waals surface area contributed by atoms with Crippen molar-refractivity contribution in [1.29, 1.82) is 0 Å². The molecule has 4 nitrogen and oxygen atoms in total. The first-order valence-electron chi connectivity index (χ1n) is 9.01. The molecule has 1 fully saturated rings. The quantitative estimate of drug-likeness (QED) is 0.477. The van der Waals surface area contributed by atoms with Gasteiger partial charge >= 0.3 is 0 Å². The summed E-state index contributed by atoms with van der Waals surface area (Å²) in [5.41, 5.74) is 1.45. The molecule has 1 heterocycles. The molecule has 0 bridgehead atoms. The molecule has 23 heavy (non-hydrogen) atoms. The zero-order valence-corrected chi connectivity index (χ0v) is 15.0. The molecule has 1 unspecified atom stereocenters. The molecule has 0 saturated carbocycles. The molecule has 1 saturated heterocycles. The number of nitrogens with one attached hydrogen (secondary N) is 1. The maximum atomic E-state index is 4.47. The van der Waals surface area contributed by atoms with Gasteiger partial charge in [0.15, 0.2) is 5.96 Å². The molecular formula is C19H32N4. The van der Waals surface area contributed by atoms with Crippen LogP contribution in [0.2, 0.25) is 0 Å². The van der Waals surface area contributed by atoms with E-state index < -0.39 is 0 Å². The van der Waals surface area contributed by atoms with Gasteiger partial charge in [0.05, 0.1) is 0 Å². The lowest BCUT2D eigenvalue weighted by Gasteiger charge is -2.23. The van der Waals surface area contributed by atoms with Crippen molar-refractivity contribution in [2.75, 3.05) is 46.3 Å².